The van der Waals surface area contributed by atoms with Gasteiger partial charge in [0.1, 0.15) is 0 Å². The molecular formula is C14H34. The Hall–Kier alpha value is 0. The molecule has 0 atom stereocenters. The Morgan fingerprint density at radius 3 is 0.643 bits per heavy atom. The van der Waals surface area contributed by atoms with E-state index in [-0.39, 0.29) is 0 Å². The van der Waals surface area contributed by atoms with E-state index in [1.165, 1.54) is 25.7 Å². The highest BCUT2D eigenvalue weighted by Crippen LogP contribution is 2.15. The van der Waals surface area contributed by atoms with E-state index in [1.54, 1.807) is 0 Å². The highest BCUT2D eigenvalue weighted by molar-refractivity contribution is 4.50. The van der Waals surface area contributed by atoms with E-state index >= 15 is 0 Å². The molecule has 1 fully saturated rings. The third-order valence-corrected chi connectivity index (χ3v) is 2.33. The van der Waals surface area contributed by atoms with E-state index < -0.39 is 0 Å². The van der Waals surface area contributed by atoms with Crippen molar-refractivity contribution in [2.75, 3.05) is 0 Å². The van der Waals surface area contributed by atoms with Crippen LogP contribution in [0.5, 0.6) is 0 Å². The van der Waals surface area contributed by atoms with Gasteiger partial charge in [0.2, 0.25) is 0 Å². The maximum Gasteiger partial charge on any atom is -0.0448 e. The summed E-state index contributed by atoms with van der Waals surface area (Å²) in [6.07, 6.45) is 6.00. The molecule has 0 heteroatoms. The Morgan fingerprint density at radius 1 is 0.500 bits per heavy atom. The molecule has 0 nitrogen and oxygen atoms in total. The van der Waals surface area contributed by atoms with E-state index in [4.69, 9.17) is 0 Å². The molecule has 0 aromatic rings. The fourth-order valence-corrected chi connectivity index (χ4v) is 0.250. The van der Waals surface area contributed by atoms with E-state index in [9.17, 15) is 0 Å². The van der Waals surface area contributed by atoms with Gasteiger partial charge >= 0.3 is 0 Å². The van der Waals surface area contributed by atoms with Crippen LogP contribution < -0.4 is 0 Å². The molecule has 14 heavy (non-hydrogen) atoms. The monoisotopic (exact) mass is 202 g/mol. The van der Waals surface area contributed by atoms with Gasteiger partial charge in [0, 0.05) is 0 Å². The van der Waals surface area contributed by atoms with Gasteiger partial charge in [-0.25, -0.2) is 0 Å². The molecule has 1 saturated carbocycles. The van der Waals surface area contributed by atoms with Crippen LogP contribution in [0.1, 0.15) is 81.1 Å². The van der Waals surface area contributed by atoms with E-state index in [1.807, 2.05) is 27.7 Å². The number of hydrogen-bond donors (Lipinski definition) is 0. The molecule has 0 amide bonds. The predicted octanol–water partition coefficient (Wildman–Crippen LogP) is 5.91. The number of rotatable bonds is 1. The van der Waals surface area contributed by atoms with E-state index in [2.05, 4.69) is 27.7 Å². The molecule has 0 unspecified atom stereocenters. The zero-order chi connectivity index (χ0) is 12.0. The summed E-state index contributed by atoms with van der Waals surface area (Å²) < 4.78 is 0. The van der Waals surface area contributed by atoms with Crippen molar-refractivity contribution < 1.29 is 0 Å². The maximum absolute atomic E-state index is 2.24. The van der Waals surface area contributed by atoms with Crippen molar-refractivity contribution in [2.24, 2.45) is 11.8 Å². The van der Waals surface area contributed by atoms with Crippen molar-refractivity contribution in [1.29, 1.82) is 0 Å². The average molecular weight is 202 g/mol. The Bertz CT molecular complexity index is 48.4. The zero-order valence-electron chi connectivity index (χ0n) is 12.0. The molecule has 0 aromatic carbocycles. The lowest BCUT2D eigenvalue weighted by Gasteiger charge is -2.05. The van der Waals surface area contributed by atoms with Gasteiger partial charge in [0.25, 0.3) is 0 Å². The quantitative estimate of drug-likeness (QED) is 0.496. The first-order chi connectivity index (χ1) is 6.64. The van der Waals surface area contributed by atoms with Crippen LogP contribution in [0.25, 0.3) is 0 Å². The van der Waals surface area contributed by atoms with E-state index in [0.717, 1.165) is 11.8 Å². The molecule has 0 aromatic heterocycles. The largest absolute Gasteiger partial charge is 0.0683 e. The molecule has 0 bridgehead atoms. The van der Waals surface area contributed by atoms with Gasteiger partial charge < -0.3 is 0 Å². The molecule has 0 saturated heterocycles. The number of hydrogen-bond acceptors (Lipinski definition) is 0. The van der Waals surface area contributed by atoms with Crippen molar-refractivity contribution in [1.82, 2.24) is 0 Å². The minimum Gasteiger partial charge on any atom is -0.0683 e. The second-order valence-electron chi connectivity index (χ2n) is 3.90. The molecule has 0 heterocycles. The third kappa shape index (κ3) is 22.7. The summed E-state index contributed by atoms with van der Waals surface area (Å²) in [7, 11) is 0. The predicted molar refractivity (Wildman–Crippen MR) is 70.8 cm³/mol. The SMILES string of the molecule is C1CCC1.CC.CC.CC(C)C(C)C. The highest BCUT2D eigenvalue weighted by Gasteiger charge is 1.95. The summed E-state index contributed by atoms with van der Waals surface area (Å²) in [6, 6.07) is 0. The van der Waals surface area contributed by atoms with Gasteiger partial charge in [-0.2, -0.15) is 0 Å². The normalized spacial score (nSPS) is 12.4. The van der Waals surface area contributed by atoms with Gasteiger partial charge in [-0.05, 0) is 11.8 Å². The summed E-state index contributed by atoms with van der Waals surface area (Å²) in [6.45, 7) is 17.0. The third-order valence-electron chi connectivity index (χ3n) is 2.33. The molecule has 1 aliphatic rings. The second kappa shape index (κ2) is 18.7. The molecular weight excluding hydrogens is 168 g/mol. The smallest absolute Gasteiger partial charge is 0.0448 e. The molecule has 1 rings (SSSR count). The summed E-state index contributed by atoms with van der Waals surface area (Å²) in [5, 5.41) is 0. The van der Waals surface area contributed by atoms with Crippen LogP contribution in [0.15, 0.2) is 0 Å². The van der Waals surface area contributed by atoms with Crippen LogP contribution in [0.3, 0.4) is 0 Å². The first kappa shape index (κ1) is 19.6. The highest BCUT2D eigenvalue weighted by atomic mass is 14.0. The first-order valence-corrected chi connectivity index (χ1v) is 6.64. The topological polar surface area (TPSA) is 0 Å². The molecule has 0 radical (unpaired) electrons. The van der Waals surface area contributed by atoms with Crippen LogP contribution in [-0.2, 0) is 0 Å². The van der Waals surface area contributed by atoms with Crippen molar-refractivity contribution in [3.63, 3.8) is 0 Å². The van der Waals surface area contributed by atoms with Gasteiger partial charge in [-0.3, -0.25) is 0 Å². The van der Waals surface area contributed by atoms with Crippen molar-refractivity contribution in [2.45, 2.75) is 81.1 Å². The molecule has 90 valence electrons. The van der Waals surface area contributed by atoms with Crippen LogP contribution >= 0.6 is 0 Å². The Balaban J connectivity index is -0.000000131. The molecule has 0 aliphatic heterocycles. The van der Waals surface area contributed by atoms with E-state index in [0.29, 0.717) is 0 Å². The summed E-state index contributed by atoms with van der Waals surface area (Å²) >= 11 is 0. The molecule has 0 N–H and O–H groups in total. The lowest BCUT2D eigenvalue weighted by atomic mass is 10.0. The van der Waals surface area contributed by atoms with Crippen molar-refractivity contribution in [3.8, 4) is 0 Å². The second-order valence-corrected chi connectivity index (χ2v) is 3.90. The van der Waals surface area contributed by atoms with Crippen molar-refractivity contribution in [3.05, 3.63) is 0 Å². The fourth-order valence-electron chi connectivity index (χ4n) is 0.250. The van der Waals surface area contributed by atoms with Crippen molar-refractivity contribution >= 4 is 0 Å². The first-order valence-electron chi connectivity index (χ1n) is 6.64. The molecule has 0 spiro atoms. The zero-order valence-corrected chi connectivity index (χ0v) is 12.0. The maximum atomic E-state index is 2.24. The van der Waals surface area contributed by atoms with Gasteiger partial charge in [0.15, 0.2) is 0 Å². The van der Waals surface area contributed by atoms with Gasteiger partial charge in [0.05, 0.1) is 0 Å². The Morgan fingerprint density at radius 2 is 0.643 bits per heavy atom. The standard InChI is InChI=1S/C6H14.C4H8.2C2H6/c1-5(2)6(3)4;1-2-4-3-1;2*1-2/h5-6H,1-4H3;1-4H2;2*1-2H3. The Kier molecular flexibility index (Phi) is 26.1. The fraction of sp³-hybridized carbons (Fsp3) is 1.00. The van der Waals surface area contributed by atoms with Crippen LogP contribution in [0.4, 0.5) is 0 Å². The minimum atomic E-state index is 0.852. The van der Waals surface area contributed by atoms with Crippen LogP contribution in [0, 0.1) is 11.8 Å². The Labute approximate surface area is 93.5 Å². The average Bonchev–Trinajstić information content (AvgIpc) is 2.08. The van der Waals surface area contributed by atoms with Gasteiger partial charge in [-0.1, -0.05) is 81.1 Å². The molecule has 1 aliphatic carbocycles. The van der Waals surface area contributed by atoms with Gasteiger partial charge in [-0.15, -0.1) is 0 Å². The minimum absolute atomic E-state index is 0.852. The lowest BCUT2D eigenvalue weighted by molar-refractivity contribution is 0.457. The van der Waals surface area contributed by atoms with Crippen LogP contribution in [0.2, 0.25) is 0 Å². The summed E-state index contributed by atoms with van der Waals surface area (Å²) in [4.78, 5) is 0. The van der Waals surface area contributed by atoms with Crippen LogP contribution in [-0.4, -0.2) is 0 Å². The lowest BCUT2D eigenvalue weighted by Crippen LogP contribution is -1.95. The summed E-state index contributed by atoms with van der Waals surface area (Å²) in [5.74, 6) is 1.70. The summed E-state index contributed by atoms with van der Waals surface area (Å²) in [5.41, 5.74) is 0.